The maximum absolute atomic E-state index is 12.2. The number of hydrogen-bond acceptors (Lipinski definition) is 3. The molecule has 1 amide bonds. The molecule has 1 N–H and O–H groups in total. The second-order valence-electron chi connectivity index (χ2n) is 6.03. The van der Waals surface area contributed by atoms with E-state index in [1.807, 2.05) is 13.0 Å². The van der Waals surface area contributed by atoms with E-state index in [1.165, 1.54) is 0 Å². The summed E-state index contributed by atoms with van der Waals surface area (Å²) in [6.07, 6.45) is 2.07. The molecule has 1 aliphatic carbocycles. The fourth-order valence-corrected chi connectivity index (χ4v) is 2.47. The van der Waals surface area contributed by atoms with E-state index in [2.05, 4.69) is 26.0 Å². The number of carbonyl (C=O) groups excluding carboxylic acids is 1. The van der Waals surface area contributed by atoms with Crippen LogP contribution in [0.15, 0.2) is 18.2 Å². The van der Waals surface area contributed by atoms with E-state index in [0.717, 1.165) is 29.7 Å². The van der Waals surface area contributed by atoms with Crippen LogP contribution in [0.5, 0.6) is 5.75 Å². The standard InChI is InChI=1S/C17H25NO3/c1-12(2)15-7-4-13(3)10-16(15)21-11-17(20)18(8-9-19)14-5-6-14/h4,7,10,12,14,19H,5-6,8-9,11H2,1-3H3. The molecule has 1 aliphatic rings. The molecule has 0 atom stereocenters. The van der Waals surface area contributed by atoms with Gasteiger partial charge in [-0.1, -0.05) is 26.0 Å². The lowest BCUT2D eigenvalue weighted by atomic mass is 10.0. The number of nitrogens with zero attached hydrogens (tertiary/aromatic N) is 1. The summed E-state index contributed by atoms with van der Waals surface area (Å²) >= 11 is 0. The summed E-state index contributed by atoms with van der Waals surface area (Å²) in [5.41, 5.74) is 2.24. The first-order valence-electron chi connectivity index (χ1n) is 7.66. The maximum atomic E-state index is 12.2. The van der Waals surface area contributed by atoms with Crippen molar-refractivity contribution in [2.75, 3.05) is 19.8 Å². The van der Waals surface area contributed by atoms with Crippen molar-refractivity contribution in [2.45, 2.75) is 45.6 Å². The van der Waals surface area contributed by atoms with E-state index in [4.69, 9.17) is 9.84 Å². The van der Waals surface area contributed by atoms with Crippen molar-refractivity contribution in [3.8, 4) is 5.75 Å². The molecule has 0 aliphatic heterocycles. The molecular formula is C17H25NO3. The first kappa shape index (κ1) is 15.8. The van der Waals surface area contributed by atoms with E-state index in [1.54, 1.807) is 4.90 Å². The fraction of sp³-hybridized carbons (Fsp3) is 0.588. The lowest BCUT2D eigenvalue weighted by molar-refractivity contribution is -0.134. The third kappa shape index (κ3) is 4.21. The molecule has 0 aromatic heterocycles. The van der Waals surface area contributed by atoms with Crippen LogP contribution in [-0.4, -0.2) is 41.7 Å². The summed E-state index contributed by atoms with van der Waals surface area (Å²) in [6.45, 7) is 6.69. The Balaban J connectivity index is 2.01. The maximum Gasteiger partial charge on any atom is 0.260 e. The molecule has 0 radical (unpaired) electrons. The predicted molar refractivity (Wildman–Crippen MR) is 82.6 cm³/mol. The van der Waals surface area contributed by atoms with Gasteiger partial charge in [-0.25, -0.2) is 0 Å². The number of carbonyl (C=O) groups is 1. The Morgan fingerprint density at radius 1 is 1.43 bits per heavy atom. The Labute approximate surface area is 126 Å². The normalized spacial score (nSPS) is 14.3. The second kappa shape index (κ2) is 6.94. The van der Waals surface area contributed by atoms with Crippen molar-refractivity contribution in [2.24, 2.45) is 0 Å². The number of benzene rings is 1. The number of amides is 1. The van der Waals surface area contributed by atoms with E-state index >= 15 is 0 Å². The van der Waals surface area contributed by atoms with Gasteiger partial charge in [-0.15, -0.1) is 0 Å². The largest absolute Gasteiger partial charge is 0.483 e. The average Bonchev–Trinajstić information content (AvgIpc) is 3.26. The van der Waals surface area contributed by atoms with Crippen molar-refractivity contribution in [1.82, 2.24) is 4.90 Å². The van der Waals surface area contributed by atoms with Gasteiger partial charge in [0.15, 0.2) is 6.61 Å². The summed E-state index contributed by atoms with van der Waals surface area (Å²) < 4.78 is 5.77. The van der Waals surface area contributed by atoms with Crippen molar-refractivity contribution >= 4 is 5.91 Å². The van der Waals surface area contributed by atoms with E-state index in [-0.39, 0.29) is 19.1 Å². The highest BCUT2D eigenvalue weighted by Gasteiger charge is 2.32. The van der Waals surface area contributed by atoms with E-state index in [0.29, 0.717) is 18.5 Å². The molecule has 2 rings (SSSR count). The molecule has 4 nitrogen and oxygen atoms in total. The van der Waals surface area contributed by atoms with Gasteiger partial charge in [0, 0.05) is 12.6 Å². The van der Waals surface area contributed by atoms with Crippen LogP contribution >= 0.6 is 0 Å². The van der Waals surface area contributed by atoms with Gasteiger partial charge >= 0.3 is 0 Å². The average molecular weight is 291 g/mol. The van der Waals surface area contributed by atoms with E-state index in [9.17, 15) is 4.79 Å². The zero-order valence-electron chi connectivity index (χ0n) is 13.1. The van der Waals surface area contributed by atoms with Gasteiger partial charge in [-0.05, 0) is 42.9 Å². The van der Waals surface area contributed by atoms with Gasteiger partial charge < -0.3 is 14.7 Å². The molecule has 1 aromatic rings. The van der Waals surface area contributed by atoms with Crippen molar-refractivity contribution in [3.63, 3.8) is 0 Å². The molecule has 0 bridgehead atoms. The molecule has 0 heterocycles. The smallest absolute Gasteiger partial charge is 0.260 e. The van der Waals surface area contributed by atoms with Crippen LogP contribution in [0.4, 0.5) is 0 Å². The number of hydrogen-bond donors (Lipinski definition) is 1. The highest BCUT2D eigenvalue weighted by Crippen LogP contribution is 2.29. The molecule has 1 aromatic carbocycles. The minimum absolute atomic E-state index is 0.00390. The Morgan fingerprint density at radius 3 is 2.71 bits per heavy atom. The third-order valence-corrected chi connectivity index (χ3v) is 3.79. The molecule has 1 saturated carbocycles. The number of ether oxygens (including phenoxy) is 1. The molecule has 0 spiro atoms. The van der Waals surface area contributed by atoms with Gasteiger partial charge in [0.2, 0.25) is 0 Å². The summed E-state index contributed by atoms with van der Waals surface area (Å²) in [4.78, 5) is 14.0. The van der Waals surface area contributed by atoms with Crippen LogP contribution in [0.3, 0.4) is 0 Å². The van der Waals surface area contributed by atoms with Crippen molar-refractivity contribution in [3.05, 3.63) is 29.3 Å². The lowest BCUT2D eigenvalue weighted by Gasteiger charge is -2.22. The zero-order valence-corrected chi connectivity index (χ0v) is 13.1. The van der Waals surface area contributed by atoms with Crippen molar-refractivity contribution in [1.29, 1.82) is 0 Å². The van der Waals surface area contributed by atoms with Crippen LogP contribution in [-0.2, 0) is 4.79 Å². The van der Waals surface area contributed by atoms with Crippen LogP contribution in [0.1, 0.15) is 43.7 Å². The Morgan fingerprint density at radius 2 is 2.14 bits per heavy atom. The molecule has 0 unspecified atom stereocenters. The van der Waals surface area contributed by atoms with Crippen LogP contribution in [0, 0.1) is 6.92 Å². The zero-order chi connectivity index (χ0) is 15.4. The fourth-order valence-electron chi connectivity index (χ4n) is 2.47. The van der Waals surface area contributed by atoms with Gasteiger partial charge in [0.05, 0.1) is 6.61 Å². The topological polar surface area (TPSA) is 49.8 Å². The Hall–Kier alpha value is -1.55. The SMILES string of the molecule is Cc1ccc(C(C)C)c(OCC(=O)N(CCO)C2CC2)c1. The monoisotopic (exact) mass is 291 g/mol. The Bertz CT molecular complexity index is 495. The predicted octanol–water partition coefficient (Wildman–Crippen LogP) is 2.48. The minimum atomic E-state index is -0.0391. The molecule has 0 saturated heterocycles. The van der Waals surface area contributed by atoms with Gasteiger partial charge in [-0.2, -0.15) is 0 Å². The quantitative estimate of drug-likeness (QED) is 0.839. The second-order valence-corrected chi connectivity index (χ2v) is 6.03. The lowest BCUT2D eigenvalue weighted by Crippen LogP contribution is -2.38. The van der Waals surface area contributed by atoms with Crippen LogP contribution < -0.4 is 4.74 Å². The first-order chi connectivity index (χ1) is 10.0. The van der Waals surface area contributed by atoms with E-state index < -0.39 is 0 Å². The minimum Gasteiger partial charge on any atom is -0.483 e. The summed E-state index contributed by atoms with van der Waals surface area (Å²) in [7, 11) is 0. The number of aliphatic hydroxyl groups excluding tert-OH is 1. The number of rotatable bonds is 7. The van der Waals surface area contributed by atoms with Gasteiger partial charge in [0.1, 0.15) is 5.75 Å². The summed E-state index contributed by atoms with van der Waals surface area (Å²) in [5.74, 6) is 1.11. The van der Waals surface area contributed by atoms with Gasteiger partial charge in [-0.3, -0.25) is 4.79 Å². The molecular weight excluding hydrogens is 266 g/mol. The van der Waals surface area contributed by atoms with Crippen molar-refractivity contribution < 1.29 is 14.6 Å². The Kier molecular flexibility index (Phi) is 5.23. The highest BCUT2D eigenvalue weighted by molar-refractivity contribution is 5.78. The summed E-state index contributed by atoms with van der Waals surface area (Å²) in [6, 6.07) is 6.41. The highest BCUT2D eigenvalue weighted by atomic mass is 16.5. The summed E-state index contributed by atoms with van der Waals surface area (Å²) in [5, 5.41) is 9.07. The molecule has 116 valence electrons. The molecule has 4 heteroatoms. The number of aryl methyl sites for hydroxylation is 1. The molecule has 21 heavy (non-hydrogen) atoms. The van der Waals surface area contributed by atoms with Crippen LogP contribution in [0.2, 0.25) is 0 Å². The van der Waals surface area contributed by atoms with Gasteiger partial charge in [0.25, 0.3) is 5.91 Å². The number of aliphatic hydroxyl groups is 1. The third-order valence-electron chi connectivity index (χ3n) is 3.79. The molecule has 1 fully saturated rings. The first-order valence-corrected chi connectivity index (χ1v) is 7.66. The van der Waals surface area contributed by atoms with Crippen LogP contribution in [0.25, 0.3) is 0 Å².